The molecule has 2 aliphatic rings. The van der Waals surface area contributed by atoms with Gasteiger partial charge < -0.3 is 10.2 Å². The van der Waals surface area contributed by atoms with Gasteiger partial charge in [0.15, 0.2) is 0 Å². The quantitative estimate of drug-likeness (QED) is 0.848. The van der Waals surface area contributed by atoms with Gasteiger partial charge in [-0.3, -0.25) is 9.69 Å². The Morgan fingerprint density at radius 2 is 1.84 bits per heavy atom. The third-order valence-corrected chi connectivity index (χ3v) is 4.26. The molecule has 112 valence electrons. The number of carbonyl (C=O) groups is 1. The Bertz CT molecular complexity index is 290. The van der Waals surface area contributed by atoms with Crippen LogP contribution in [0.1, 0.15) is 26.7 Å². The monoisotopic (exact) mass is 289 g/mol. The number of hydrogen-bond donors (Lipinski definition) is 1. The number of hydrogen-bond acceptors (Lipinski definition) is 3. The van der Waals surface area contributed by atoms with E-state index in [4.69, 9.17) is 0 Å². The molecule has 0 aromatic carbocycles. The minimum Gasteiger partial charge on any atom is -0.341 e. The number of amides is 1. The van der Waals surface area contributed by atoms with Crippen LogP contribution in [0.15, 0.2) is 0 Å². The first-order valence-electron chi connectivity index (χ1n) is 7.26. The lowest BCUT2D eigenvalue weighted by Gasteiger charge is -2.35. The summed E-state index contributed by atoms with van der Waals surface area (Å²) in [6.45, 7) is 9.08. The van der Waals surface area contributed by atoms with E-state index in [1.54, 1.807) is 0 Å². The Kier molecular flexibility index (Phi) is 6.57. The average Bonchev–Trinajstić information content (AvgIpc) is 2.75. The highest BCUT2D eigenvalue weighted by Crippen LogP contribution is 2.21. The summed E-state index contributed by atoms with van der Waals surface area (Å²) in [6, 6.07) is 0.567. The van der Waals surface area contributed by atoms with E-state index in [1.165, 1.54) is 6.42 Å². The first kappa shape index (κ1) is 16.7. The molecule has 0 aromatic rings. The van der Waals surface area contributed by atoms with Gasteiger partial charge >= 0.3 is 0 Å². The Morgan fingerprint density at radius 3 is 2.37 bits per heavy atom. The number of piperidine rings is 1. The Balaban J connectivity index is 0.00000180. The van der Waals surface area contributed by atoms with Gasteiger partial charge in [0.25, 0.3) is 0 Å². The lowest BCUT2D eigenvalue weighted by molar-refractivity contribution is -0.134. The van der Waals surface area contributed by atoms with Gasteiger partial charge in [-0.25, -0.2) is 0 Å². The molecule has 0 aromatic heterocycles. The molecule has 2 aliphatic heterocycles. The van der Waals surface area contributed by atoms with Gasteiger partial charge in [0.2, 0.25) is 5.91 Å². The number of halogens is 1. The molecule has 3 unspecified atom stereocenters. The number of nitrogens with zero attached hydrogens (tertiary/aromatic N) is 2. The van der Waals surface area contributed by atoms with Gasteiger partial charge in [-0.1, -0.05) is 13.8 Å². The third-order valence-electron chi connectivity index (χ3n) is 4.26. The first-order valence-corrected chi connectivity index (χ1v) is 7.26. The van der Waals surface area contributed by atoms with Crippen LogP contribution in [0.5, 0.6) is 0 Å². The van der Waals surface area contributed by atoms with Gasteiger partial charge in [-0.15, -0.1) is 12.4 Å². The molecule has 0 saturated carbocycles. The van der Waals surface area contributed by atoms with E-state index in [-0.39, 0.29) is 12.4 Å². The highest BCUT2D eigenvalue weighted by atomic mass is 35.5. The zero-order chi connectivity index (χ0) is 13.1. The number of carbonyl (C=O) groups excluding carboxylic acids is 1. The van der Waals surface area contributed by atoms with Gasteiger partial charge in [0.05, 0.1) is 6.54 Å². The minimum absolute atomic E-state index is 0. The molecule has 19 heavy (non-hydrogen) atoms. The number of nitrogens with one attached hydrogen (secondary N) is 1. The van der Waals surface area contributed by atoms with Gasteiger partial charge in [-0.05, 0) is 31.7 Å². The summed E-state index contributed by atoms with van der Waals surface area (Å²) in [4.78, 5) is 16.7. The molecule has 2 saturated heterocycles. The molecule has 4 nitrogen and oxygen atoms in total. The molecular weight excluding hydrogens is 262 g/mol. The largest absolute Gasteiger partial charge is 0.341 e. The summed E-state index contributed by atoms with van der Waals surface area (Å²) in [7, 11) is 2.00. The lowest BCUT2D eigenvalue weighted by Crippen LogP contribution is -2.47. The van der Waals surface area contributed by atoms with Crippen molar-refractivity contribution in [3.05, 3.63) is 0 Å². The topological polar surface area (TPSA) is 35.6 Å². The molecule has 5 heteroatoms. The van der Waals surface area contributed by atoms with Crippen molar-refractivity contribution in [3.63, 3.8) is 0 Å². The summed E-state index contributed by atoms with van der Waals surface area (Å²) < 4.78 is 0. The fraction of sp³-hybridized carbons (Fsp3) is 0.929. The predicted octanol–water partition coefficient (Wildman–Crippen LogP) is 1.21. The standard InChI is InChI=1S/C14H27N3O.ClH/c1-11-6-12(2)8-17(7-11)14(18)10-16-5-4-13(9-16)15-3;/h11-13,15H,4-10H2,1-3H3;1H. The van der Waals surface area contributed by atoms with Crippen molar-refractivity contribution in [2.24, 2.45) is 11.8 Å². The first-order chi connectivity index (χ1) is 8.58. The van der Waals surface area contributed by atoms with Crippen LogP contribution in [0.2, 0.25) is 0 Å². The van der Waals surface area contributed by atoms with Crippen LogP contribution in [-0.2, 0) is 4.79 Å². The van der Waals surface area contributed by atoms with E-state index in [2.05, 4.69) is 29.0 Å². The highest BCUT2D eigenvalue weighted by molar-refractivity contribution is 5.85. The van der Waals surface area contributed by atoms with Crippen LogP contribution >= 0.6 is 12.4 Å². The minimum atomic E-state index is 0. The highest BCUT2D eigenvalue weighted by Gasteiger charge is 2.28. The molecule has 0 radical (unpaired) electrons. The van der Waals surface area contributed by atoms with Crippen LogP contribution in [-0.4, -0.2) is 61.5 Å². The van der Waals surface area contributed by atoms with Crippen LogP contribution in [0, 0.1) is 11.8 Å². The van der Waals surface area contributed by atoms with Crippen LogP contribution in [0.3, 0.4) is 0 Å². The van der Waals surface area contributed by atoms with Gasteiger partial charge in [-0.2, -0.15) is 0 Å². The molecule has 2 heterocycles. The molecule has 0 spiro atoms. The van der Waals surface area contributed by atoms with Crippen LogP contribution in [0.4, 0.5) is 0 Å². The maximum atomic E-state index is 12.3. The lowest BCUT2D eigenvalue weighted by atomic mass is 9.92. The van der Waals surface area contributed by atoms with Crippen molar-refractivity contribution in [3.8, 4) is 0 Å². The summed E-state index contributed by atoms with van der Waals surface area (Å²) in [5, 5.41) is 3.29. The Labute approximate surface area is 123 Å². The normalized spacial score (nSPS) is 32.2. The van der Waals surface area contributed by atoms with E-state index in [1.807, 2.05) is 7.05 Å². The molecule has 1 N–H and O–H groups in total. The van der Waals surface area contributed by atoms with E-state index >= 15 is 0 Å². The average molecular weight is 290 g/mol. The summed E-state index contributed by atoms with van der Waals surface area (Å²) in [5.41, 5.74) is 0. The molecule has 3 atom stereocenters. The SMILES string of the molecule is CNC1CCN(CC(=O)N2CC(C)CC(C)C2)C1.Cl. The van der Waals surface area contributed by atoms with Gasteiger partial charge in [0.1, 0.15) is 0 Å². The number of rotatable bonds is 3. The third kappa shape index (κ3) is 4.62. The van der Waals surface area contributed by atoms with Crippen LogP contribution < -0.4 is 5.32 Å². The second-order valence-corrected chi connectivity index (χ2v) is 6.25. The van der Waals surface area contributed by atoms with E-state index in [9.17, 15) is 4.79 Å². The molecule has 0 aliphatic carbocycles. The zero-order valence-corrected chi connectivity index (χ0v) is 13.2. The van der Waals surface area contributed by atoms with Gasteiger partial charge in [0, 0.05) is 32.2 Å². The Hall–Kier alpha value is -0.320. The van der Waals surface area contributed by atoms with E-state index in [0.29, 0.717) is 30.3 Å². The van der Waals surface area contributed by atoms with Crippen molar-refractivity contribution >= 4 is 18.3 Å². The summed E-state index contributed by atoms with van der Waals surface area (Å²) in [6.07, 6.45) is 2.42. The molecule has 1 amide bonds. The fourth-order valence-corrected chi connectivity index (χ4v) is 3.37. The maximum Gasteiger partial charge on any atom is 0.236 e. The number of likely N-dealkylation sites (N-methyl/N-ethyl adjacent to an activating group) is 1. The Morgan fingerprint density at radius 1 is 1.21 bits per heavy atom. The van der Waals surface area contributed by atoms with Crippen LogP contribution in [0.25, 0.3) is 0 Å². The maximum absolute atomic E-state index is 12.3. The van der Waals surface area contributed by atoms with Crippen molar-refractivity contribution in [1.29, 1.82) is 0 Å². The molecule has 2 rings (SSSR count). The molecule has 0 bridgehead atoms. The van der Waals surface area contributed by atoms with E-state index in [0.717, 1.165) is 32.6 Å². The van der Waals surface area contributed by atoms with E-state index < -0.39 is 0 Å². The smallest absolute Gasteiger partial charge is 0.236 e. The van der Waals surface area contributed by atoms with Crippen molar-refractivity contribution in [1.82, 2.24) is 15.1 Å². The fourth-order valence-electron chi connectivity index (χ4n) is 3.37. The summed E-state index contributed by atoms with van der Waals surface area (Å²) >= 11 is 0. The molecule has 2 fully saturated rings. The predicted molar refractivity (Wildman–Crippen MR) is 80.7 cm³/mol. The number of likely N-dealkylation sites (tertiary alicyclic amines) is 2. The van der Waals surface area contributed by atoms with Crippen molar-refractivity contribution in [2.45, 2.75) is 32.7 Å². The summed E-state index contributed by atoms with van der Waals surface area (Å²) in [5.74, 6) is 1.63. The second kappa shape index (κ2) is 7.46. The second-order valence-electron chi connectivity index (χ2n) is 6.25. The van der Waals surface area contributed by atoms with Crippen molar-refractivity contribution < 1.29 is 4.79 Å². The zero-order valence-electron chi connectivity index (χ0n) is 12.4. The molecular formula is C14H28ClN3O. The van der Waals surface area contributed by atoms with Crippen molar-refractivity contribution in [2.75, 3.05) is 39.8 Å².